The van der Waals surface area contributed by atoms with Crippen molar-refractivity contribution in [3.8, 4) is 5.75 Å². The van der Waals surface area contributed by atoms with Gasteiger partial charge in [-0.15, -0.1) is 0 Å². The molecular formula is C9H15N3O2. The van der Waals surface area contributed by atoms with E-state index < -0.39 is 0 Å². The van der Waals surface area contributed by atoms with E-state index in [0.717, 1.165) is 5.69 Å². The maximum absolute atomic E-state index is 11.7. The molecule has 0 radical (unpaired) electrons. The Labute approximate surface area is 83.3 Å². The Morgan fingerprint density at radius 1 is 1.50 bits per heavy atom. The number of ether oxygens (including phenoxy) is 1. The molecule has 5 heteroatoms. The van der Waals surface area contributed by atoms with E-state index in [-0.39, 0.29) is 5.91 Å². The molecule has 5 nitrogen and oxygen atoms in total. The zero-order valence-electron chi connectivity index (χ0n) is 9.16. The summed E-state index contributed by atoms with van der Waals surface area (Å²) in [5, 5.41) is 4.13. The molecule has 78 valence electrons. The number of methoxy groups -OCH3 is 1. The third-order valence-electron chi connectivity index (χ3n) is 1.98. The summed E-state index contributed by atoms with van der Waals surface area (Å²) in [5.74, 6) is 0.441. The SMILES string of the molecule is COc1c(C)nn(C)c1C(=O)N(C)C. The van der Waals surface area contributed by atoms with E-state index >= 15 is 0 Å². The molecule has 0 aliphatic carbocycles. The molecule has 0 aromatic carbocycles. The van der Waals surface area contributed by atoms with Crippen molar-refractivity contribution in [3.05, 3.63) is 11.4 Å². The summed E-state index contributed by atoms with van der Waals surface area (Å²) >= 11 is 0. The number of hydrogen-bond acceptors (Lipinski definition) is 3. The Kier molecular flexibility index (Phi) is 2.78. The number of nitrogens with zero attached hydrogens (tertiary/aromatic N) is 3. The summed E-state index contributed by atoms with van der Waals surface area (Å²) in [6.07, 6.45) is 0. The van der Waals surface area contributed by atoms with Gasteiger partial charge in [-0.05, 0) is 6.92 Å². The fraction of sp³-hybridized carbons (Fsp3) is 0.556. The molecule has 14 heavy (non-hydrogen) atoms. The maximum atomic E-state index is 11.7. The summed E-state index contributed by atoms with van der Waals surface area (Å²) in [6, 6.07) is 0. The standard InChI is InChI=1S/C9H15N3O2/c1-6-8(14-5)7(12(4)10-6)9(13)11(2)3/h1-5H3. The highest BCUT2D eigenvalue weighted by Crippen LogP contribution is 2.22. The first-order valence-corrected chi connectivity index (χ1v) is 4.28. The van der Waals surface area contributed by atoms with Crippen molar-refractivity contribution < 1.29 is 9.53 Å². The van der Waals surface area contributed by atoms with Crippen LogP contribution in [0.1, 0.15) is 16.2 Å². The Morgan fingerprint density at radius 3 is 2.50 bits per heavy atom. The normalized spacial score (nSPS) is 10.1. The van der Waals surface area contributed by atoms with Gasteiger partial charge in [0.15, 0.2) is 11.4 Å². The van der Waals surface area contributed by atoms with Gasteiger partial charge >= 0.3 is 0 Å². The first kappa shape index (κ1) is 10.6. The van der Waals surface area contributed by atoms with Gasteiger partial charge in [-0.2, -0.15) is 5.10 Å². The number of carbonyl (C=O) groups is 1. The van der Waals surface area contributed by atoms with Crippen molar-refractivity contribution in [1.29, 1.82) is 0 Å². The maximum Gasteiger partial charge on any atom is 0.275 e. The van der Waals surface area contributed by atoms with Crippen LogP contribution in [0, 0.1) is 6.92 Å². The Hall–Kier alpha value is -1.52. The Balaban J connectivity index is 3.25. The van der Waals surface area contributed by atoms with E-state index in [1.54, 1.807) is 21.1 Å². The zero-order chi connectivity index (χ0) is 10.9. The van der Waals surface area contributed by atoms with Gasteiger partial charge in [-0.25, -0.2) is 0 Å². The average Bonchev–Trinajstić information content (AvgIpc) is 2.38. The van der Waals surface area contributed by atoms with Gasteiger partial charge in [0.1, 0.15) is 5.69 Å². The molecule has 1 aromatic heterocycles. The van der Waals surface area contributed by atoms with Crippen LogP contribution in [0.3, 0.4) is 0 Å². The molecule has 0 bridgehead atoms. The smallest absolute Gasteiger partial charge is 0.275 e. The molecular weight excluding hydrogens is 182 g/mol. The lowest BCUT2D eigenvalue weighted by molar-refractivity contribution is 0.0813. The van der Waals surface area contributed by atoms with E-state index in [1.165, 1.54) is 16.7 Å². The average molecular weight is 197 g/mol. The quantitative estimate of drug-likeness (QED) is 0.691. The van der Waals surface area contributed by atoms with E-state index in [1.807, 2.05) is 6.92 Å². The highest BCUT2D eigenvalue weighted by Gasteiger charge is 2.21. The molecule has 0 aliphatic heterocycles. The first-order chi connectivity index (χ1) is 6.49. The second kappa shape index (κ2) is 3.69. The topological polar surface area (TPSA) is 47.4 Å². The van der Waals surface area contributed by atoms with Crippen LogP contribution in [-0.4, -0.2) is 41.8 Å². The van der Waals surface area contributed by atoms with Crippen LogP contribution in [0.25, 0.3) is 0 Å². The van der Waals surface area contributed by atoms with Crippen LogP contribution in [0.5, 0.6) is 5.75 Å². The van der Waals surface area contributed by atoms with Crippen molar-refractivity contribution >= 4 is 5.91 Å². The Bertz CT molecular complexity index is 355. The van der Waals surface area contributed by atoms with E-state index in [4.69, 9.17) is 4.74 Å². The minimum absolute atomic E-state index is 0.107. The van der Waals surface area contributed by atoms with Gasteiger partial charge in [0.2, 0.25) is 0 Å². The van der Waals surface area contributed by atoms with E-state index in [0.29, 0.717) is 11.4 Å². The lowest BCUT2D eigenvalue weighted by Crippen LogP contribution is -2.24. The number of hydrogen-bond donors (Lipinski definition) is 0. The molecule has 0 saturated carbocycles. The predicted octanol–water partition coefficient (Wildman–Crippen LogP) is 0.439. The van der Waals surface area contributed by atoms with Crippen molar-refractivity contribution in [2.45, 2.75) is 6.92 Å². The lowest BCUT2D eigenvalue weighted by atomic mass is 10.3. The predicted molar refractivity (Wildman–Crippen MR) is 52.5 cm³/mol. The van der Waals surface area contributed by atoms with Crippen molar-refractivity contribution in [1.82, 2.24) is 14.7 Å². The zero-order valence-corrected chi connectivity index (χ0v) is 9.16. The molecule has 0 spiro atoms. The van der Waals surface area contributed by atoms with Crippen LogP contribution < -0.4 is 4.74 Å². The van der Waals surface area contributed by atoms with Crippen molar-refractivity contribution in [2.24, 2.45) is 7.05 Å². The molecule has 1 heterocycles. The van der Waals surface area contributed by atoms with Crippen molar-refractivity contribution in [2.75, 3.05) is 21.2 Å². The van der Waals surface area contributed by atoms with Gasteiger partial charge < -0.3 is 9.64 Å². The van der Waals surface area contributed by atoms with E-state index in [2.05, 4.69) is 5.10 Å². The van der Waals surface area contributed by atoms with Gasteiger partial charge in [-0.1, -0.05) is 0 Å². The van der Waals surface area contributed by atoms with E-state index in [9.17, 15) is 4.79 Å². The highest BCUT2D eigenvalue weighted by molar-refractivity contribution is 5.95. The van der Waals surface area contributed by atoms with Crippen LogP contribution >= 0.6 is 0 Å². The summed E-state index contributed by atoms with van der Waals surface area (Å²) in [7, 11) is 6.66. The molecule has 0 atom stereocenters. The first-order valence-electron chi connectivity index (χ1n) is 4.28. The third kappa shape index (κ3) is 1.57. The monoisotopic (exact) mass is 197 g/mol. The molecule has 0 unspecified atom stereocenters. The summed E-state index contributed by atoms with van der Waals surface area (Å²) < 4.78 is 6.68. The second-order valence-electron chi connectivity index (χ2n) is 3.29. The molecule has 1 rings (SSSR count). The van der Waals surface area contributed by atoms with Gasteiger partial charge in [-0.3, -0.25) is 9.48 Å². The number of aromatic nitrogens is 2. The summed E-state index contributed by atoms with van der Waals surface area (Å²) in [4.78, 5) is 13.2. The molecule has 1 amide bonds. The lowest BCUT2D eigenvalue weighted by Gasteiger charge is -2.11. The number of carbonyl (C=O) groups excluding carboxylic acids is 1. The van der Waals surface area contributed by atoms with Gasteiger partial charge in [0.25, 0.3) is 5.91 Å². The molecule has 0 N–H and O–H groups in total. The molecule has 1 aromatic rings. The largest absolute Gasteiger partial charge is 0.492 e. The van der Waals surface area contributed by atoms with Crippen LogP contribution in [0.15, 0.2) is 0 Å². The minimum Gasteiger partial charge on any atom is -0.492 e. The molecule has 0 saturated heterocycles. The highest BCUT2D eigenvalue weighted by atomic mass is 16.5. The van der Waals surface area contributed by atoms with Crippen LogP contribution in [-0.2, 0) is 7.05 Å². The second-order valence-corrected chi connectivity index (χ2v) is 3.29. The van der Waals surface area contributed by atoms with Crippen LogP contribution in [0.2, 0.25) is 0 Å². The molecule has 0 aliphatic rings. The fourth-order valence-corrected chi connectivity index (χ4v) is 1.33. The number of aryl methyl sites for hydroxylation is 2. The number of rotatable bonds is 2. The molecule has 0 fully saturated rings. The number of amides is 1. The fourth-order valence-electron chi connectivity index (χ4n) is 1.33. The Morgan fingerprint density at radius 2 is 2.07 bits per heavy atom. The van der Waals surface area contributed by atoms with Gasteiger partial charge in [0.05, 0.1) is 7.11 Å². The van der Waals surface area contributed by atoms with Gasteiger partial charge in [0, 0.05) is 21.1 Å². The summed E-state index contributed by atoms with van der Waals surface area (Å²) in [6.45, 7) is 1.81. The minimum atomic E-state index is -0.107. The third-order valence-corrected chi connectivity index (χ3v) is 1.98. The van der Waals surface area contributed by atoms with Crippen molar-refractivity contribution in [3.63, 3.8) is 0 Å². The van der Waals surface area contributed by atoms with Crippen LogP contribution in [0.4, 0.5) is 0 Å². The summed E-state index contributed by atoms with van der Waals surface area (Å²) in [5.41, 5.74) is 1.20.